The lowest BCUT2D eigenvalue weighted by Gasteiger charge is -2.33. The van der Waals surface area contributed by atoms with Crippen LogP contribution in [0, 0.1) is 11.8 Å². The van der Waals surface area contributed by atoms with E-state index in [1.165, 1.54) is 96.3 Å². The summed E-state index contributed by atoms with van der Waals surface area (Å²) in [6, 6.07) is 0.291. The number of nitrogens with one attached hydrogen (secondary N) is 1. The fourth-order valence-corrected chi connectivity index (χ4v) is 5.67. The van der Waals surface area contributed by atoms with E-state index < -0.39 is 0 Å². The van der Waals surface area contributed by atoms with Crippen molar-refractivity contribution < 1.29 is 9.59 Å². The van der Waals surface area contributed by atoms with E-state index in [-0.39, 0.29) is 17.7 Å². The first-order valence-corrected chi connectivity index (χ1v) is 15.2. The molecule has 1 unspecified atom stereocenters. The number of rotatable bonds is 22. The van der Waals surface area contributed by atoms with Gasteiger partial charge in [-0.2, -0.15) is 0 Å². The van der Waals surface area contributed by atoms with Gasteiger partial charge in [-0.25, -0.2) is 0 Å². The van der Waals surface area contributed by atoms with Gasteiger partial charge in [0.15, 0.2) is 0 Å². The largest absolute Gasteiger partial charge is 0.369 e. The second kappa shape index (κ2) is 21.2. The van der Waals surface area contributed by atoms with Gasteiger partial charge in [-0.1, -0.05) is 117 Å². The lowest BCUT2D eigenvalue weighted by molar-refractivity contribution is -0.125. The summed E-state index contributed by atoms with van der Waals surface area (Å²) in [4.78, 5) is 24.5. The third-order valence-corrected chi connectivity index (χ3v) is 7.95. The molecule has 1 atom stereocenters. The van der Waals surface area contributed by atoms with Gasteiger partial charge >= 0.3 is 0 Å². The van der Waals surface area contributed by atoms with Crippen LogP contribution in [0.15, 0.2) is 0 Å². The van der Waals surface area contributed by atoms with Crippen molar-refractivity contribution in [1.29, 1.82) is 0 Å². The topological polar surface area (TPSA) is 72.2 Å². The van der Waals surface area contributed by atoms with Crippen LogP contribution in [0.2, 0.25) is 0 Å². The molecule has 1 rings (SSSR count). The van der Waals surface area contributed by atoms with Crippen LogP contribution in [0.1, 0.15) is 162 Å². The van der Waals surface area contributed by atoms with Gasteiger partial charge in [0.25, 0.3) is 0 Å². The van der Waals surface area contributed by atoms with Gasteiger partial charge in [0.2, 0.25) is 11.8 Å². The maximum atomic E-state index is 12.3. The lowest BCUT2D eigenvalue weighted by atomic mass is 9.76. The highest BCUT2D eigenvalue weighted by Gasteiger charge is 2.30. The minimum Gasteiger partial charge on any atom is -0.369 e. The number of hydrogen-bond donors (Lipinski definition) is 2. The van der Waals surface area contributed by atoms with Crippen LogP contribution in [0.4, 0.5) is 0 Å². The number of amides is 2. The Morgan fingerprint density at radius 1 is 0.676 bits per heavy atom. The van der Waals surface area contributed by atoms with Crippen LogP contribution in [-0.4, -0.2) is 17.9 Å². The maximum Gasteiger partial charge on any atom is 0.220 e. The molecule has 0 heterocycles. The average Bonchev–Trinajstić information content (AvgIpc) is 2.82. The van der Waals surface area contributed by atoms with E-state index in [2.05, 4.69) is 19.2 Å². The molecule has 4 nitrogen and oxygen atoms in total. The van der Waals surface area contributed by atoms with Gasteiger partial charge in [-0.05, 0) is 44.4 Å². The molecule has 4 heteroatoms. The van der Waals surface area contributed by atoms with Crippen molar-refractivity contribution in [2.45, 2.75) is 168 Å². The monoisotopic (exact) mass is 478 g/mol. The highest BCUT2D eigenvalue weighted by molar-refractivity contribution is 5.77. The van der Waals surface area contributed by atoms with E-state index in [1.807, 2.05) is 0 Å². The van der Waals surface area contributed by atoms with Crippen molar-refractivity contribution >= 4 is 11.8 Å². The van der Waals surface area contributed by atoms with Crippen molar-refractivity contribution in [3.05, 3.63) is 0 Å². The summed E-state index contributed by atoms with van der Waals surface area (Å²) in [5.41, 5.74) is 5.79. The number of unbranched alkanes of at least 4 members (excludes halogenated alkanes) is 15. The summed E-state index contributed by atoms with van der Waals surface area (Å²) in [6.07, 6.45) is 27.5. The first-order valence-electron chi connectivity index (χ1n) is 15.2. The summed E-state index contributed by atoms with van der Waals surface area (Å²) < 4.78 is 0. The smallest absolute Gasteiger partial charge is 0.220 e. The zero-order valence-electron chi connectivity index (χ0n) is 22.9. The molecule has 1 aliphatic rings. The minimum absolute atomic E-state index is 0.0266. The summed E-state index contributed by atoms with van der Waals surface area (Å²) in [6.45, 7) is 4.51. The van der Waals surface area contributed by atoms with Gasteiger partial charge in [0, 0.05) is 18.4 Å². The molecule has 200 valence electrons. The Morgan fingerprint density at radius 2 is 1.12 bits per heavy atom. The van der Waals surface area contributed by atoms with E-state index in [0.29, 0.717) is 18.4 Å². The number of nitrogens with two attached hydrogens (primary N) is 1. The lowest BCUT2D eigenvalue weighted by Crippen LogP contribution is -2.40. The standard InChI is InChI=1S/C30H58N2O2/c1-3-5-7-9-11-13-15-17-19-21-29(33)32-27-24-22-26(23-25-27)28(30(31)34)20-18-16-14-12-10-8-6-4-2/h26-28H,3-25H2,1-2H3,(H2,31,34)(H,32,33). The summed E-state index contributed by atoms with van der Waals surface area (Å²) in [5, 5.41) is 3.26. The van der Waals surface area contributed by atoms with Crippen LogP contribution in [0.5, 0.6) is 0 Å². The molecule has 0 aromatic carbocycles. The highest BCUT2D eigenvalue weighted by atomic mass is 16.2. The van der Waals surface area contributed by atoms with E-state index in [0.717, 1.165) is 44.9 Å². The van der Waals surface area contributed by atoms with E-state index >= 15 is 0 Å². The van der Waals surface area contributed by atoms with Crippen molar-refractivity contribution in [1.82, 2.24) is 5.32 Å². The SMILES string of the molecule is CCCCCCCCCCCC(=O)NC1CCC(C(CCCCCCCCCC)C(N)=O)CC1. The van der Waals surface area contributed by atoms with Crippen LogP contribution >= 0.6 is 0 Å². The molecule has 3 N–H and O–H groups in total. The molecule has 0 aromatic rings. The fraction of sp³-hybridized carbons (Fsp3) is 0.933. The summed E-state index contributed by atoms with van der Waals surface area (Å²) in [7, 11) is 0. The molecule has 0 aliphatic heterocycles. The fourth-order valence-electron chi connectivity index (χ4n) is 5.67. The normalized spacial score (nSPS) is 19.1. The first-order chi connectivity index (χ1) is 16.6. The van der Waals surface area contributed by atoms with Crippen molar-refractivity contribution in [2.75, 3.05) is 0 Å². The molecular weight excluding hydrogens is 420 g/mol. The summed E-state index contributed by atoms with van der Waals surface area (Å²) >= 11 is 0. The van der Waals surface area contributed by atoms with Crippen LogP contribution in [0.3, 0.4) is 0 Å². The Balaban J connectivity index is 2.10. The van der Waals surface area contributed by atoms with Gasteiger partial charge in [0.05, 0.1) is 0 Å². The second-order valence-corrected chi connectivity index (χ2v) is 11.0. The molecule has 0 radical (unpaired) electrons. The van der Waals surface area contributed by atoms with Gasteiger partial charge in [0.1, 0.15) is 0 Å². The molecule has 0 aromatic heterocycles. The number of carbonyl (C=O) groups is 2. The van der Waals surface area contributed by atoms with Crippen LogP contribution in [0.25, 0.3) is 0 Å². The molecule has 0 spiro atoms. The number of hydrogen-bond acceptors (Lipinski definition) is 2. The molecule has 0 bridgehead atoms. The summed E-state index contributed by atoms with van der Waals surface area (Å²) in [5.74, 6) is 0.545. The Hall–Kier alpha value is -1.06. The Morgan fingerprint density at radius 3 is 1.59 bits per heavy atom. The molecule has 0 saturated heterocycles. The highest BCUT2D eigenvalue weighted by Crippen LogP contribution is 2.33. The second-order valence-electron chi connectivity index (χ2n) is 11.0. The van der Waals surface area contributed by atoms with E-state index in [1.54, 1.807) is 0 Å². The van der Waals surface area contributed by atoms with Crippen molar-refractivity contribution in [2.24, 2.45) is 17.6 Å². The van der Waals surface area contributed by atoms with Crippen molar-refractivity contribution in [3.63, 3.8) is 0 Å². The molecule has 34 heavy (non-hydrogen) atoms. The van der Waals surface area contributed by atoms with Gasteiger partial charge < -0.3 is 11.1 Å². The quantitative estimate of drug-likeness (QED) is 0.154. The number of primary amides is 1. The third-order valence-electron chi connectivity index (χ3n) is 7.95. The Kier molecular flexibility index (Phi) is 19.3. The molecule has 1 fully saturated rings. The molecule has 1 saturated carbocycles. The molecule has 2 amide bonds. The van der Waals surface area contributed by atoms with E-state index in [9.17, 15) is 9.59 Å². The first kappa shape index (κ1) is 31.0. The molecule has 1 aliphatic carbocycles. The van der Waals surface area contributed by atoms with Crippen molar-refractivity contribution in [3.8, 4) is 0 Å². The minimum atomic E-state index is -0.110. The predicted molar refractivity (Wildman–Crippen MR) is 146 cm³/mol. The third kappa shape index (κ3) is 15.8. The van der Waals surface area contributed by atoms with Crippen LogP contribution in [-0.2, 0) is 9.59 Å². The Labute approximate surface area is 212 Å². The maximum absolute atomic E-state index is 12.3. The zero-order chi connectivity index (χ0) is 24.9. The Bertz CT molecular complexity index is 500. The van der Waals surface area contributed by atoms with E-state index in [4.69, 9.17) is 5.73 Å². The van der Waals surface area contributed by atoms with Gasteiger partial charge in [-0.3, -0.25) is 9.59 Å². The number of carbonyl (C=O) groups excluding carboxylic acids is 2. The predicted octanol–water partition coefficient (Wildman–Crippen LogP) is 8.21. The molecular formula is C30H58N2O2. The zero-order valence-corrected chi connectivity index (χ0v) is 22.9. The van der Waals surface area contributed by atoms with Gasteiger partial charge in [-0.15, -0.1) is 0 Å². The average molecular weight is 479 g/mol. The van der Waals surface area contributed by atoms with Crippen LogP contribution < -0.4 is 11.1 Å².